The normalized spacial score (nSPS) is 10.7. The molecule has 0 saturated heterocycles. The van der Waals surface area contributed by atoms with Gasteiger partial charge in [0.25, 0.3) is 0 Å². The fourth-order valence-electron chi connectivity index (χ4n) is 1.70. The standard InChI is InChI=1S/C12H20N4O2S/c1-5-7-19-8-6-13-12-11(16(17)18)10(4)14-15(12)9(2)3/h5,9,13H,1,6-8H2,2-4H3. The maximum atomic E-state index is 11.1. The number of nitro groups is 1. The minimum absolute atomic E-state index is 0.0717. The molecule has 0 unspecified atom stereocenters. The lowest BCUT2D eigenvalue weighted by Gasteiger charge is -2.11. The van der Waals surface area contributed by atoms with Crippen molar-refractivity contribution in [1.29, 1.82) is 0 Å². The van der Waals surface area contributed by atoms with Gasteiger partial charge in [0.1, 0.15) is 5.69 Å². The maximum absolute atomic E-state index is 11.1. The molecule has 0 amide bonds. The average Bonchev–Trinajstić information content (AvgIpc) is 2.66. The van der Waals surface area contributed by atoms with E-state index in [4.69, 9.17) is 0 Å². The molecule has 0 aliphatic carbocycles. The van der Waals surface area contributed by atoms with Gasteiger partial charge in [0.05, 0.1) is 4.92 Å². The van der Waals surface area contributed by atoms with Crippen LogP contribution in [0.1, 0.15) is 25.6 Å². The van der Waals surface area contributed by atoms with E-state index in [2.05, 4.69) is 17.0 Å². The second kappa shape index (κ2) is 7.18. The number of hydrogen-bond donors (Lipinski definition) is 1. The van der Waals surface area contributed by atoms with Crippen LogP contribution in [0.4, 0.5) is 11.5 Å². The number of anilines is 1. The molecule has 0 fully saturated rings. The number of aromatic nitrogens is 2. The second-order valence-electron chi connectivity index (χ2n) is 4.37. The SMILES string of the molecule is C=CCSCCNc1c([N+](=O)[O-])c(C)nn1C(C)C. The molecular formula is C12H20N4O2S. The zero-order valence-corrected chi connectivity index (χ0v) is 12.4. The van der Waals surface area contributed by atoms with E-state index in [1.807, 2.05) is 19.9 Å². The van der Waals surface area contributed by atoms with Crippen LogP contribution < -0.4 is 5.32 Å². The maximum Gasteiger partial charge on any atom is 0.333 e. The molecule has 0 saturated carbocycles. The Labute approximate surface area is 117 Å². The summed E-state index contributed by atoms with van der Waals surface area (Å²) in [6.07, 6.45) is 1.84. The van der Waals surface area contributed by atoms with Crippen LogP contribution in [0.3, 0.4) is 0 Å². The molecule has 0 aliphatic rings. The number of nitrogens with zero attached hydrogens (tertiary/aromatic N) is 3. The van der Waals surface area contributed by atoms with Gasteiger partial charge in [0.15, 0.2) is 0 Å². The lowest BCUT2D eigenvalue weighted by Crippen LogP contribution is -2.13. The van der Waals surface area contributed by atoms with E-state index >= 15 is 0 Å². The van der Waals surface area contributed by atoms with E-state index in [0.717, 1.165) is 11.5 Å². The van der Waals surface area contributed by atoms with Crippen LogP contribution in [0, 0.1) is 17.0 Å². The highest BCUT2D eigenvalue weighted by Crippen LogP contribution is 2.30. The van der Waals surface area contributed by atoms with Gasteiger partial charge in [0, 0.05) is 24.1 Å². The lowest BCUT2D eigenvalue weighted by atomic mass is 10.3. The molecule has 0 spiro atoms. The Balaban J connectivity index is 2.83. The topological polar surface area (TPSA) is 73.0 Å². The molecule has 0 aromatic carbocycles. The summed E-state index contributed by atoms with van der Waals surface area (Å²) in [5.41, 5.74) is 0.516. The van der Waals surface area contributed by atoms with Crippen molar-refractivity contribution in [2.24, 2.45) is 0 Å². The van der Waals surface area contributed by atoms with Crippen LogP contribution in [0.15, 0.2) is 12.7 Å². The highest BCUT2D eigenvalue weighted by Gasteiger charge is 2.25. The van der Waals surface area contributed by atoms with E-state index < -0.39 is 0 Å². The quantitative estimate of drug-likeness (QED) is 0.344. The summed E-state index contributed by atoms with van der Waals surface area (Å²) in [5.74, 6) is 2.24. The van der Waals surface area contributed by atoms with Gasteiger partial charge in [0.2, 0.25) is 5.82 Å². The van der Waals surface area contributed by atoms with Gasteiger partial charge < -0.3 is 5.32 Å². The van der Waals surface area contributed by atoms with E-state index in [1.165, 1.54) is 0 Å². The van der Waals surface area contributed by atoms with Gasteiger partial charge in [-0.25, -0.2) is 4.68 Å². The molecule has 1 rings (SSSR count). The molecule has 0 radical (unpaired) electrons. The third-order valence-electron chi connectivity index (χ3n) is 2.50. The first-order valence-electron chi connectivity index (χ1n) is 6.15. The van der Waals surface area contributed by atoms with Crippen molar-refractivity contribution in [2.45, 2.75) is 26.8 Å². The summed E-state index contributed by atoms with van der Waals surface area (Å²) in [6, 6.07) is 0.0794. The summed E-state index contributed by atoms with van der Waals surface area (Å²) in [5, 5.41) is 18.5. The van der Waals surface area contributed by atoms with E-state index in [0.29, 0.717) is 18.1 Å². The smallest absolute Gasteiger partial charge is 0.333 e. The van der Waals surface area contributed by atoms with Gasteiger partial charge in [-0.05, 0) is 20.8 Å². The summed E-state index contributed by atoms with van der Waals surface area (Å²) >= 11 is 1.73. The van der Waals surface area contributed by atoms with Crippen molar-refractivity contribution in [3.05, 3.63) is 28.5 Å². The summed E-state index contributed by atoms with van der Waals surface area (Å²) in [7, 11) is 0. The molecule has 0 bridgehead atoms. The molecule has 19 heavy (non-hydrogen) atoms. The Morgan fingerprint density at radius 1 is 1.63 bits per heavy atom. The Morgan fingerprint density at radius 2 is 2.32 bits per heavy atom. The summed E-state index contributed by atoms with van der Waals surface area (Å²) < 4.78 is 1.67. The monoisotopic (exact) mass is 284 g/mol. The summed E-state index contributed by atoms with van der Waals surface area (Å²) in [4.78, 5) is 10.7. The van der Waals surface area contributed by atoms with E-state index in [1.54, 1.807) is 23.4 Å². The van der Waals surface area contributed by atoms with Gasteiger partial charge in [-0.3, -0.25) is 10.1 Å². The first kappa shape index (κ1) is 15.6. The van der Waals surface area contributed by atoms with Gasteiger partial charge in [-0.2, -0.15) is 16.9 Å². The predicted octanol–water partition coefficient (Wildman–Crippen LogP) is 3.01. The van der Waals surface area contributed by atoms with E-state index in [-0.39, 0.29) is 16.7 Å². The molecule has 0 atom stereocenters. The third-order valence-corrected chi connectivity index (χ3v) is 3.46. The van der Waals surface area contributed by atoms with Gasteiger partial charge in [-0.15, -0.1) is 6.58 Å². The Bertz CT molecular complexity index is 457. The number of nitrogens with one attached hydrogen (secondary N) is 1. The number of aryl methyl sites for hydroxylation is 1. The molecule has 0 aliphatic heterocycles. The molecule has 1 aromatic rings. The van der Waals surface area contributed by atoms with Crippen molar-refractivity contribution in [3.8, 4) is 0 Å². The molecule has 1 aromatic heterocycles. The minimum atomic E-state index is -0.375. The van der Waals surface area contributed by atoms with Crippen molar-refractivity contribution >= 4 is 23.3 Å². The zero-order chi connectivity index (χ0) is 14.4. The average molecular weight is 284 g/mol. The van der Waals surface area contributed by atoms with Crippen LogP contribution in [-0.2, 0) is 0 Å². The van der Waals surface area contributed by atoms with Gasteiger partial charge in [-0.1, -0.05) is 6.08 Å². The van der Waals surface area contributed by atoms with Crippen LogP contribution in [0.25, 0.3) is 0 Å². The first-order chi connectivity index (χ1) is 8.99. The number of rotatable bonds is 8. The van der Waals surface area contributed by atoms with Crippen molar-refractivity contribution < 1.29 is 4.92 Å². The zero-order valence-electron chi connectivity index (χ0n) is 11.5. The van der Waals surface area contributed by atoms with Crippen LogP contribution in [-0.4, -0.2) is 32.8 Å². The fraction of sp³-hybridized carbons (Fsp3) is 0.583. The Kier molecular flexibility index (Phi) is 5.88. The highest BCUT2D eigenvalue weighted by atomic mass is 32.2. The molecule has 1 heterocycles. The van der Waals surface area contributed by atoms with Crippen LogP contribution in [0.2, 0.25) is 0 Å². The first-order valence-corrected chi connectivity index (χ1v) is 7.30. The lowest BCUT2D eigenvalue weighted by molar-refractivity contribution is -0.384. The molecule has 6 nitrogen and oxygen atoms in total. The highest BCUT2D eigenvalue weighted by molar-refractivity contribution is 7.99. The fourth-order valence-corrected chi connectivity index (χ4v) is 2.28. The third kappa shape index (κ3) is 3.99. The van der Waals surface area contributed by atoms with Crippen molar-refractivity contribution in [1.82, 2.24) is 9.78 Å². The van der Waals surface area contributed by atoms with Crippen molar-refractivity contribution in [2.75, 3.05) is 23.4 Å². The van der Waals surface area contributed by atoms with E-state index in [9.17, 15) is 10.1 Å². The number of thioether (sulfide) groups is 1. The van der Waals surface area contributed by atoms with Crippen molar-refractivity contribution in [3.63, 3.8) is 0 Å². The molecule has 1 N–H and O–H groups in total. The minimum Gasteiger partial charge on any atom is -0.364 e. The van der Waals surface area contributed by atoms with Crippen LogP contribution >= 0.6 is 11.8 Å². The van der Waals surface area contributed by atoms with Crippen LogP contribution in [0.5, 0.6) is 0 Å². The Morgan fingerprint density at radius 3 is 2.84 bits per heavy atom. The summed E-state index contributed by atoms with van der Waals surface area (Å²) in [6.45, 7) is 9.88. The predicted molar refractivity (Wildman–Crippen MR) is 80.0 cm³/mol. The molecule has 106 valence electrons. The number of hydrogen-bond acceptors (Lipinski definition) is 5. The molecule has 7 heteroatoms. The Hall–Kier alpha value is -1.50. The largest absolute Gasteiger partial charge is 0.364 e. The molecular weight excluding hydrogens is 264 g/mol. The van der Waals surface area contributed by atoms with Gasteiger partial charge >= 0.3 is 5.69 Å². The second-order valence-corrected chi connectivity index (χ2v) is 5.52.